The Labute approximate surface area is 88.9 Å². The van der Waals surface area contributed by atoms with E-state index in [0.29, 0.717) is 11.5 Å². The first-order chi connectivity index (χ1) is 7.38. The predicted molar refractivity (Wildman–Crippen MR) is 50.6 cm³/mol. The van der Waals surface area contributed by atoms with Crippen LogP contribution in [0.25, 0.3) is 5.65 Å². The van der Waals surface area contributed by atoms with E-state index in [1.54, 1.807) is 6.92 Å². The van der Waals surface area contributed by atoms with Crippen molar-refractivity contribution in [3.8, 4) is 0 Å². The van der Waals surface area contributed by atoms with E-state index < -0.39 is 17.8 Å². The molecule has 16 heavy (non-hydrogen) atoms. The average Bonchev–Trinajstić information content (AvgIpc) is 2.58. The number of fused-ring (bicyclic) bond motifs is 1. The monoisotopic (exact) mass is 230 g/mol. The lowest BCUT2D eigenvalue weighted by atomic mass is 10.3. The first-order valence-corrected chi connectivity index (χ1v) is 4.57. The Morgan fingerprint density at radius 1 is 1.38 bits per heavy atom. The summed E-state index contributed by atoms with van der Waals surface area (Å²) in [5, 5.41) is 3.87. The summed E-state index contributed by atoms with van der Waals surface area (Å²) in [6.45, 7) is 1.67. The molecule has 0 fully saturated rings. The van der Waals surface area contributed by atoms with Gasteiger partial charge in [-0.25, -0.2) is 9.50 Å². The second-order valence-electron chi connectivity index (χ2n) is 3.48. The number of hydrogen-bond acceptors (Lipinski definition) is 3. The summed E-state index contributed by atoms with van der Waals surface area (Å²) >= 11 is 0. The molecule has 2 aromatic rings. The van der Waals surface area contributed by atoms with E-state index in [4.69, 9.17) is 5.73 Å². The molecule has 0 radical (unpaired) electrons. The molecule has 2 N–H and O–H groups in total. The van der Waals surface area contributed by atoms with Gasteiger partial charge < -0.3 is 5.73 Å². The molecule has 0 bridgehead atoms. The lowest BCUT2D eigenvalue weighted by molar-refractivity contribution is -0.137. The summed E-state index contributed by atoms with van der Waals surface area (Å²) < 4.78 is 38.3. The van der Waals surface area contributed by atoms with Gasteiger partial charge in [0, 0.05) is 6.20 Å². The van der Waals surface area contributed by atoms with E-state index >= 15 is 0 Å². The molecule has 1 atom stereocenters. The largest absolute Gasteiger partial charge is 0.417 e. The molecule has 0 aliphatic heterocycles. The molecule has 2 rings (SSSR count). The van der Waals surface area contributed by atoms with Crippen molar-refractivity contribution in [3.63, 3.8) is 0 Å². The maximum Gasteiger partial charge on any atom is 0.417 e. The Balaban J connectivity index is 2.54. The fourth-order valence-electron chi connectivity index (χ4n) is 1.26. The molecule has 2 aromatic heterocycles. The predicted octanol–water partition coefficient (Wildman–Crippen LogP) is 1.77. The van der Waals surface area contributed by atoms with Crippen molar-refractivity contribution >= 4 is 5.65 Å². The van der Waals surface area contributed by atoms with Crippen molar-refractivity contribution in [2.75, 3.05) is 0 Å². The fourth-order valence-corrected chi connectivity index (χ4v) is 1.26. The topological polar surface area (TPSA) is 56.2 Å². The van der Waals surface area contributed by atoms with E-state index in [9.17, 15) is 13.2 Å². The molecule has 0 aliphatic rings. The highest BCUT2D eigenvalue weighted by atomic mass is 19.4. The molecule has 2 heterocycles. The van der Waals surface area contributed by atoms with Crippen LogP contribution in [0.4, 0.5) is 13.2 Å². The third-order valence-corrected chi connectivity index (χ3v) is 2.08. The van der Waals surface area contributed by atoms with E-state index in [1.165, 1.54) is 6.07 Å². The van der Waals surface area contributed by atoms with Crippen LogP contribution < -0.4 is 5.73 Å². The summed E-state index contributed by atoms with van der Waals surface area (Å²) in [6.07, 6.45) is -3.48. The van der Waals surface area contributed by atoms with E-state index in [0.717, 1.165) is 16.8 Å². The molecule has 0 amide bonds. The van der Waals surface area contributed by atoms with Gasteiger partial charge in [0.25, 0.3) is 0 Å². The van der Waals surface area contributed by atoms with Crippen molar-refractivity contribution in [2.45, 2.75) is 19.1 Å². The zero-order valence-corrected chi connectivity index (χ0v) is 8.36. The van der Waals surface area contributed by atoms with Crippen molar-refractivity contribution < 1.29 is 13.2 Å². The number of alkyl halides is 3. The first-order valence-electron chi connectivity index (χ1n) is 4.57. The molecular weight excluding hydrogens is 221 g/mol. The average molecular weight is 230 g/mol. The van der Waals surface area contributed by atoms with Gasteiger partial charge in [0.1, 0.15) is 0 Å². The number of aromatic nitrogens is 3. The van der Waals surface area contributed by atoms with Crippen LogP contribution in [0, 0.1) is 0 Å². The quantitative estimate of drug-likeness (QED) is 0.812. The number of rotatable bonds is 1. The standard InChI is InChI=1S/C9H9F3N4/c1-5(13)8-14-7-3-2-6(9(10,11)12)4-16(7)15-8/h2-5H,13H2,1H3. The lowest BCUT2D eigenvalue weighted by Crippen LogP contribution is -2.08. The minimum Gasteiger partial charge on any atom is -0.321 e. The Hall–Kier alpha value is -1.63. The van der Waals surface area contributed by atoms with Crippen molar-refractivity contribution in [1.82, 2.24) is 14.6 Å². The minimum absolute atomic E-state index is 0.319. The van der Waals surface area contributed by atoms with Gasteiger partial charge in [0.15, 0.2) is 11.5 Å². The Bertz CT molecular complexity index is 515. The fraction of sp³-hybridized carbons (Fsp3) is 0.333. The van der Waals surface area contributed by atoms with Gasteiger partial charge >= 0.3 is 6.18 Å². The number of halogens is 3. The summed E-state index contributed by atoms with van der Waals surface area (Å²) in [6, 6.07) is 1.82. The third kappa shape index (κ3) is 1.85. The second-order valence-corrected chi connectivity index (χ2v) is 3.48. The van der Waals surface area contributed by atoms with Crippen molar-refractivity contribution in [2.24, 2.45) is 5.73 Å². The molecule has 0 aromatic carbocycles. The van der Waals surface area contributed by atoms with Crippen molar-refractivity contribution in [3.05, 3.63) is 29.7 Å². The van der Waals surface area contributed by atoms with Gasteiger partial charge in [-0.3, -0.25) is 0 Å². The van der Waals surface area contributed by atoms with Crippen LogP contribution in [-0.2, 0) is 6.18 Å². The summed E-state index contributed by atoms with van der Waals surface area (Å²) in [5.74, 6) is 0.319. The van der Waals surface area contributed by atoms with Gasteiger partial charge in [-0.1, -0.05) is 0 Å². The van der Waals surface area contributed by atoms with Crippen LogP contribution in [0.3, 0.4) is 0 Å². The Kier molecular flexibility index (Phi) is 2.34. The van der Waals surface area contributed by atoms with Crippen LogP contribution in [-0.4, -0.2) is 14.6 Å². The number of hydrogen-bond donors (Lipinski definition) is 1. The molecule has 1 unspecified atom stereocenters. The van der Waals surface area contributed by atoms with E-state index in [-0.39, 0.29) is 0 Å². The summed E-state index contributed by atoms with van der Waals surface area (Å²) in [5.41, 5.74) is 5.13. The van der Waals surface area contributed by atoms with Crippen LogP contribution in [0.1, 0.15) is 24.4 Å². The van der Waals surface area contributed by atoms with Crippen LogP contribution in [0.2, 0.25) is 0 Å². The third-order valence-electron chi connectivity index (χ3n) is 2.08. The molecule has 86 valence electrons. The zero-order valence-electron chi connectivity index (χ0n) is 8.36. The van der Waals surface area contributed by atoms with Gasteiger partial charge in [0.2, 0.25) is 0 Å². The molecule has 0 saturated carbocycles. The zero-order chi connectivity index (χ0) is 11.9. The maximum atomic E-state index is 12.4. The second kappa shape index (κ2) is 3.44. The van der Waals surface area contributed by atoms with Gasteiger partial charge in [-0.2, -0.15) is 13.2 Å². The molecular formula is C9H9F3N4. The highest BCUT2D eigenvalue weighted by molar-refractivity contribution is 5.39. The summed E-state index contributed by atoms with van der Waals surface area (Å²) in [4.78, 5) is 3.99. The number of nitrogens with two attached hydrogens (primary N) is 1. The van der Waals surface area contributed by atoms with Crippen LogP contribution in [0.15, 0.2) is 18.3 Å². The molecule has 0 aliphatic carbocycles. The SMILES string of the molecule is CC(N)c1nc2ccc(C(F)(F)F)cn2n1. The molecule has 4 nitrogen and oxygen atoms in total. The first kappa shape index (κ1) is 10.9. The van der Waals surface area contributed by atoms with Gasteiger partial charge in [-0.15, -0.1) is 5.10 Å². The molecule has 0 saturated heterocycles. The minimum atomic E-state index is -4.38. The molecule has 0 spiro atoms. The molecule has 7 heteroatoms. The smallest absolute Gasteiger partial charge is 0.321 e. The van der Waals surface area contributed by atoms with E-state index in [2.05, 4.69) is 10.1 Å². The summed E-state index contributed by atoms with van der Waals surface area (Å²) in [7, 11) is 0. The van der Waals surface area contributed by atoms with Crippen molar-refractivity contribution in [1.29, 1.82) is 0 Å². The maximum absolute atomic E-state index is 12.4. The lowest BCUT2D eigenvalue weighted by Gasteiger charge is -2.05. The highest BCUT2D eigenvalue weighted by Gasteiger charge is 2.31. The number of pyridine rings is 1. The van der Waals surface area contributed by atoms with Crippen LogP contribution >= 0.6 is 0 Å². The Morgan fingerprint density at radius 2 is 2.06 bits per heavy atom. The van der Waals surface area contributed by atoms with Crippen LogP contribution in [0.5, 0.6) is 0 Å². The van der Waals surface area contributed by atoms with E-state index in [1.807, 2.05) is 0 Å². The highest BCUT2D eigenvalue weighted by Crippen LogP contribution is 2.28. The van der Waals surface area contributed by atoms with Gasteiger partial charge in [-0.05, 0) is 19.1 Å². The Morgan fingerprint density at radius 3 is 2.62 bits per heavy atom. The van der Waals surface area contributed by atoms with Gasteiger partial charge in [0.05, 0.1) is 11.6 Å². The normalized spacial score (nSPS) is 14.3. The number of nitrogens with zero attached hydrogens (tertiary/aromatic N) is 3.